The molecule has 0 saturated heterocycles. The van der Waals surface area contributed by atoms with E-state index in [1.807, 2.05) is 6.92 Å². The first-order chi connectivity index (χ1) is 6.17. The summed E-state index contributed by atoms with van der Waals surface area (Å²) in [5, 5.41) is 10.1. The SMILES string of the molecule is CCC(O)c1cc(Cl)cc(OC)c1. The van der Waals surface area contributed by atoms with E-state index in [1.54, 1.807) is 25.3 Å². The monoisotopic (exact) mass is 200 g/mol. The van der Waals surface area contributed by atoms with E-state index in [0.717, 1.165) is 5.56 Å². The van der Waals surface area contributed by atoms with Crippen LogP contribution >= 0.6 is 11.6 Å². The Morgan fingerprint density at radius 1 is 1.46 bits per heavy atom. The number of methoxy groups -OCH3 is 1. The molecular formula is C10H13ClO2. The highest BCUT2D eigenvalue weighted by Crippen LogP contribution is 2.26. The van der Waals surface area contributed by atoms with Gasteiger partial charge in [0.2, 0.25) is 0 Å². The van der Waals surface area contributed by atoms with E-state index in [1.165, 1.54) is 0 Å². The maximum absolute atomic E-state index is 9.56. The van der Waals surface area contributed by atoms with Gasteiger partial charge in [0, 0.05) is 5.02 Å². The summed E-state index contributed by atoms with van der Waals surface area (Å²) in [6.45, 7) is 1.91. The highest BCUT2D eigenvalue weighted by Gasteiger charge is 2.07. The standard InChI is InChI=1S/C10H13ClO2/c1-3-10(12)7-4-8(11)6-9(5-7)13-2/h4-6,10,12H,3H2,1-2H3. The van der Waals surface area contributed by atoms with Crippen molar-refractivity contribution < 1.29 is 9.84 Å². The summed E-state index contributed by atoms with van der Waals surface area (Å²) in [4.78, 5) is 0. The average molecular weight is 201 g/mol. The Labute approximate surface area is 83.1 Å². The Morgan fingerprint density at radius 3 is 2.69 bits per heavy atom. The van der Waals surface area contributed by atoms with Gasteiger partial charge in [-0.2, -0.15) is 0 Å². The number of aliphatic hydroxyl groups is 1. The number of hydrogen-bond acceptors (Lipinski definition) is 2. The second kappa shape index (κ2) is 4.49. The molecule has 0 aliphatic rings. The van der Waals surface area contributed by atoms with Gasteiger partial charge in [0.15, 0.2) is 0 Å². The van der Waals surface area contributed by atoms with Gasteiger partial charge >= 0.3 is 0 Å². The molecule has 3 heteroatoms. The fourth-order valence-electron chi connectivity index (χ4n) is 1.13. The zero-order chi connectivity index (χ0) is 9.84. The van der Waals surface area contributed by atoms with Crippen molar-refractivity contribution in [3.05, 3.63) is 28.8 Å². The predicted octanol–water partition coefficient (Wildman–Crippen LogP) is 2.79. The molecular weight excluding hydrogens is 188 g/mol. The van der Waals surface area contributed by atoms with Gasteiger partial charge in [-0.1, -0.05) is 18.5 Å². The molecule has 0 aliphatic carbocycles. The molecule has 0 saturated carbocycles. The van der Waals surface area contributed by atoms with Crippen LogP contribution in [0.4, 0.5) is 0 Å². The lowest BCUT2D eigenvalue weighted by Crippen LogP contribution is -1.95. The molecule has 0 aromatic heterocycles. The van der Waals surface area contributed by atoms with E-state index in [9.17, 15) is 5.11 Å². The van der Waals surface area contributed by atoms with Gasteiger partial charge in [-0.05, 0) is 30.2 Å². The van der Waals surface area contributed by atoms with Gasteiger partial charge in [-0.15, -0.1) is 0 Å². The van der Waals surface area contributed by atoms with Crippen LogP contribution in [0.15, 0.2) is 18.2 Å². The van der Waals surface area contributed by atoms with Gasteiger partial charge in [0.1, 0.15) is 5.75 Å². The lowest BCUT2D eigenvalue weighted by Gasteiger charge is -2.10. The fourth-order valence-corrected chi connectivity index (χ4v) is 1.36. The average Bonchev–Trinajstić information content (AvgIpc) is 2.15. The molecule has 0 aliphatic heterocycles. The molecule has 72 valence electrons. The summed E-state index contributed by atoms with van der Waals surface area (Å²) in [7, 11) is 1.58. The first-order valence-electron chi connectivity index (χ1n) is 4.20. The molecule has 0 spiro atoms. The van der Waals surface area contributed by atoms with Crippen LogP contribution in [0.3, 0.4) is 0 Å². The van der Waals surface area contributed by atoms with Gasteiger partial charge in [-0.3, -0.25) is 0 Å². The van der Waals surface area contributed by atoms with Crippen molar-refractivity contribution in [2.75, 3.05) is 7.11 Å². The molecule has 1 atom stereocenters. The normalized spacial score (nSPS) is 12.6. The Kier molecular flexibility index (Phi) is 3.58. The Balaban J connectivity index is 3.01. The largest absolute Gasteiger partial charge is 0.497 e. The van der Waals surface area contributed by atoms with Crippen molar-refractivity contribution in [1.82, 2.24) is 0 Å². The van der Waals surface area contributed by atoms with Crippen LogP contribution < -0.4 is 4.74 Å². The zero-order valence-electron chi connectivity index (χ0n) is 7.75. The molecule has 1 N–H and O–H groups in total. The lowest BCUT2D eigenvalue weighted by molar-refractivity contribution is 0.173. The molecule has 13 heavy (non-hydrogen) atoms. The number of ether oxygens (including phenoxy) is 1. The molecule has 0 amide bonds. The van der Waals surface area contributed by atoms with E-state index in [0.29, 0.717) is 17.2 Å². The highest BCUT2D eigenvalue weighted by molar-refractivity contribution is 6.30. The highest BCUT2D eigenvalue weighted by atomic mass is 35.5. The van der Waals surface area contributed by atoms with Gasteiger partial charge in [0.05, 0.1) is 13.2 Å². The van der Waals surface area contributed by atoms with E-state index < -0.39 is 6.10 Å². The minimum Gasteiger partial charge on any atom is -0.497 e. The minimum atomic E-state index is -0.465. The number of aliphatic hydroxyl groups excluding tert-OH is 1. The molecule has 0 fully saturated rings. The lowest BCUT2D eigenvalue weighted by atomic mass is 10.1. The van der Waals surface area contributed by atoms with E-state index in [4.69, 9.17) is 16.3 Å². The first-order valence-corrected chi connectivity index (χ1v) is 4.57. The van der Waals surface area contributed by atoms with Gasteiger partial charge in [-0.25, -0.2) is 0 Å². The van der Waals surface area contributed by atoms with Crippen LogP contribution in [0.25, 0.3) is 0 Å². The summed E-state index contributed by atoms with van der Waals surface area (Å²) in [5.41, 5.74) is 0.798. The second-order valence-electron chi connectivity index (χ2n) is 2.85. The molecule has 2 nitrogen and oxygen atoms in total. The second-order valence-corrected chi connectivity index (χ2v) is 3.28. The minimum absolute atomic E-state index is 0.465. The van der Waals surface area contributed by atoms with Crippen LogP contribution in [0.5, 0.6) is 5.75 Å². The van der Waals surface area contributed by atoms with Crippen molar-refractivity contribution in [2.45, 2.75) is 19.4 Å². The predicted molar refractivity (Wildman–Crippen MR) is 53.3 cm³/mol. The number of halogens is 1. The third-order valence-corrected chi connectivity index (χ3v) is 2.12. The summed E-state index contributed by atoms with van der Waals surface area (Å²) in [5.74, 6) is 0.676. The topological polar surface area (TPSA) is 29.5 Å². The molecule has 1 rings (SSSR count). The molecule has 0 heterocycles. The zero-order valence-corrected chi connectivity index (χ0v) is 8.51. The van der Waals surface area contributed by atoms with Crippen LogP contribution in [-0.4, -0.2) is 12.2 Å². The maximum Gasteiger partial charge on any atom is 0.120 e. The van der Waals surface area contributed by atoms with Crippen molar-refractivity contribution in [3.63, 3.8) is 0 Å². The Bertz CT molecular complexity index is 286. The fraction of sp³-hybridized carbons (Fsp3) is 0.400. The summed E-state index contributed by atoms with van der Waals surface area (Å²) < 4.78 is 5.03. The molecule has 0 bridgehead atoms. The summed E-state index contributed by atoms with van der Waals surface area (Å²) in [6, 6.07) is 5.26. The van der Waals surface area contributed by atoms with Crippen molar-refractivity contribution in [2.24, 2.45) is 0 Å². The van der Waals surface area contributed by atoms with Crippen LogP contribution in [-0.2, 0) is 0 Å². The van der Waals surface area contributed by atoms with Crippen LogP contribution in [0.2, 0.25) is 5.02 Å². The summed E-state index contributed by atoms with van der Waals surface area (Å²) in [6.07, 6.45) is 0.205. The van der Waals surface area contributed by atoms with E-state index >= 15 is 0 Å². The molecule has 1 unspecified atom stereocenters. The summed E-state index contributed by atoms with van der Waals surface area (Å²) >= 11 is 5.84. The first kappa shape index (κ1) is 10.4. The number of benzene rings is 1. The third-order valence-electron chi connectivity index (χ3n) is 1.90. The van der Waals surface area contributed by atoms with Gasteiger partial charge < -0.3 is 9.84 Å². The molecule has 0 radical (unpaired) electrons. The number of hydrogen-bond donors (Lipinski definition) is 1. The quantitative estimate of drug-likeness (QED) is 0.813. The van der Waals surface area contributed by atoms with E-state index in [-0.39, 0.29) is 0 Å². The number of rotatable bonds is 3. The molecule has 1 aromatic carbocycles. The van der Waals surface area contributed by atoms with Gasteiger partial charge in [0.25, 0.3) is 0 Å². The van der Waals surface area contributed by atoms with Crippen LogP contribution in [0, 0.1) is 0 Å². The van der Waals surface area contributed by atoms with E-state index in [2.05, 4.69) is 0 Å². The van der Waals surface area contributed by atoms with Crippen molar-refractivity contribution in [3.8, 4) is 5.75 Å². The van der Waals surface area contributed by atoms with Crippen LogP contribution in [0.1, 0.15) is 25.0 Å². The Morgan fingerprint density at radius 2 is 2.15 bits per heavy atom. The maximum atomic E-state index is 9.56. The molecule has 1 aromatic rings. The van der Waals surface area contributed by atoms with Crippen molar-refractivity contribution >= 4 is 11.6 Å². The van der Waals surface area contributed by atoms with Crippen molar-refractivity contribution in [1.29, 1.82) is 0 Å². The Hall–Kier alpha value is -0.730. The third kappa shape index (κ3) is 2.61. The smallest absolute Gasteiger partial charge is 0.120 e.